The third-order valence-corrected chi connectivity index (χ3v) is 4.50. The molecule has 0 aliphatic carbocycles. The second kappa shape index (κ2) is 3.23. The maximum absolute atomic E-state index is 11.8. The van der Waals surface area contributed by atoms with Crippen LogP contribution < -0.4 is 5.30 Å². The second-order valence-electron chi connectivity index (χ2n) is 2.75. The van der Waals surface area contributed by atoms with E-state index in [0.717, 1.165) is 11.5 Å². The lowest BCUT2D eigenvalue weighted by molar-refractivity contribution is 0.585. The van der Waals surface area contributed by atoms with E-state index >= 15 is 0 Å². The Bertz CT molecular complexity index is 266. The monoisotopic (exact) mass is 168 g/mol. The summed E-state index contributed by atoms with van der Waals surface area (Å²) in [7, 11) is -2.03. The predicted molar refractivity (Wildman–Crippen MR) is 50.1 cm³/mol. The topological polar surface area (TPSA) is 17.1 Å². The van der Waals surface area contributed by atoms with E-state index in [0.29, 0.717) is 0 Å². The summed E-state index contributed by atoms with van der Waals surface area (Å²) >= 11 is 0. The summed E-state index contributed by atoms with van der Waals surface area (Å²) in [5.74, 6) is 0. The first-order valence-electron chi connectivity index (χ1n) is 3.79. The molecule has 0 fully saturated rings. The SMILES string of the molecule is CCP(C)(=O)c1ccccc1. The second-order valence-corrected chi connectivity index (χ2v) is 6.10. The van der Waals surface area contributed by atoms with Crippen LogP contribution >= 0.6 is 7.14 Å². The number of rotatable bonds is 2. The molecule has 1 atom stereocenters. The van der Waals surface area contributed by atoms with Crippen molar-refractivity contribution in [2.75, 3.05) is 12.8 Å². The Morgan fingerprint density at radius 1 is 1.27 bits per heavy atom. The largest absolute Gasteiger partial charge is 0.319 e. The van der Waals surface area contributed by atoms with E-state index < -0.39 is 7.14 Å². The van der Waals surface area contributed by atoms with Crippen LogP contribution in [0, 0.1) is 0 Å². The molecule has 0 N–H and O–H groups in total. The van der Waals surface area contributed by atoms with Crippen LogP contribution in [0.1, 0.15) is 6.92 Å². The molecular formula is C9H13OP. The molecule has 2 heteroatoms. The van der Waals surface area contributed by atoms with Gasteiger partial charge in [0.15, 0.2) is 0 Å². The van der Waals surface area contributed by atoms with Crippen molar-refractivity contribution in [1.29, 1.82) is 0 Å². The Kier molecular flexibility index (Phi) is 2.51. The van der Waals surface area contributed by atoms with Crippen molar-refractivity contribution in [1.82, 2.24) is 0 Å². The number of hydrogen-bond donors (Lipinski definition) is 0. The lowest BCUT2D eigenvalue weighted by Crippen LogP contribution is -2.03. The molecule has 1 rings (SSSR count). The van der Waals surface area contributed by atoms with Crippen molar-refractivity contribution >= 4 is 12.4 Å². The minimum absolute atomic E-state index is 0.747. The molecule has 0 saturated heterocycles. The Balaban J connectivity index is 3.03. The normalized spacial score (nSPS) is 15.8. The lowest BCUT2D eigenvalue weighted by atomic mass is 10.4. The molecule has 0 aromatic heterocycles. The van der Waals surface area contributed by atoms with Gasteiger partial charge in [0.2, 0.25) is 0 Å². The maximum atomic E-state index is 11.8. The first-order chi connectivity index (χ1) is 5.17. The highest BCUT2D eigenvalue weighted by Crippen LogP contribution is 2.38. The highest BCUT2D eigenvalue weighted by Gasteiger charge is 2.13. The van der Waals surface area contributed by atoms with Gasteiger partial charge in [-0.3, -0.25) is 0 Å². The van der Waals surface area contributed by atoms with E-state index in [1.54, 1.807) is 0 Å². The molecule has 1 nitrogen and oxygen atoms in total. The van der Waals surface area contributed by atoms with E-state index in [-0.39, 0.29) is 0 Å². The highest BCUT2D eigenvalue weighted by atomic mass is 31.2. The molecule has 11 heavy (non-hydrogen) atoms. The Labute approximate surface area is 67.8 Å². The molecule has 0 aliphatic rings. The van der Waals surface area contributed by atoms with Crippen molar-refractivity contribution < 1.29 is 4.57 Å². The summed E-state index contributed by atoms with van der Waals surface area (Å²) < 4.78 is 11.8. The van der Waals surface area contributed by atoms with Gasteiger partial charge in [-0.1, -0.05) is 37.3 Å². The first kappa shape index (κ1) is 8.55. The standard InChI is InChI=1S/C9H13OP/c1-3-11(2,10)9-7-5-4-6-8-9/h4-8H,3H2,1-2H3. The van der Waals surface area contributed by atoms with Gasteiger partial charge in [0.1, 0.15) is 7.14 Å². The minimum atomic E-state index is -2.03. The van der Waals surface area contributed by atoms with Crippen molar-refractivity contribution in [2.24, 2.45) is 0 Å². The third-order valence-electron chi connectivity index (χ3n) is 1.91. The molecule has 0 heterocycles. The molecule has 0 bridgehead atoms. The molecule has 0 spiro atoms. The molecule has 60 valence electrons. The molecule has 0 saturated carbocycles. The first-order valence-corrected chi connectivity index (χ1v) is 6.13. The van der Waals surface area contributed by atoms with E-state index in [4.69, 9.17) is 0 Å². The van der Waals surface area contributed by atoms with Gasteiger partial charge in [-0.25, -0.2) is 0 Å². The zero-order valence-corrected chi connectivity index (χ0v) is 7.84. The van der Waals surface area contributed by atoms with Crippen LogP contribution in [0.3, 0.4) is 0 Å². The van der Waals surface area contributed by atoms with Gasteiger partial charge >= 0.3 is 0 Å². The molecule has 0 aliphatic heterocycles. The molecule has 1 aromatic rings. The summed E-state index contributed by atoms with van der Waals surface area (Å²) in [5, 5.41) is 0.988. The summed E-state index contributed by atoms with van der Waals surface area (Å²) in [4.78, 5) is 0. The van der Waals surface area contributed by atoms with Crippen molar-refractivity contribution in [3.63, 3.8) is 0 Å². The summed E-state index contributed by atoms with van der Waals surface area (Å²) in [6, 6.07) is 9.68. The third kappa shape index (κ3) is 1.94. The fourth-order valence-electron chi connectivity index (χ4n) is 0.926. The molecule has 1 aromatic carbocycles. The van der Waals surface area contributed by atoms with Crippen molar-refractivity contribution in [3.05, 3.63) is 30.3 Å². The quantitative estimate of drug-likeness (QED) is 0.619. The molecule has 0 amide bonds. The zero-order chi connectivity index (χ0) is 8.32. The van der Waals surface area contributed by atoms with Crippen LogP contribution in [0.25, 0.3) is 0 Å². The van der Waals surface area contributed by atoms with Crippen LogP contribution in [0.15, 0.2) is 30.3 Å². The van der Waals surface area contributed by atoms with Gasteiger partial charge in [-0.15, -0.1) is 0 Å². The van der Waals surface area contributed by atoms with Gasteiger partial charge in [0.25, 0.3) is 0 Å². The van der Waals surface area contributed by atoms with Gasteiger partial charge < -0.3 is 4.57 Å². The van der Waals surface area contributed by atoms with Crippen LogP contribution in [0.2, 0.25) is 0 Å². The number of benzene rings is 1. The fraction of sp³-hybridized carbons (Fsp3) is 0.333. The van der Waals surface area contributed by atoms with E-state index in [2.05, 4.69) is 0 Å². The van der Waals surface area contributed by atoms with Crippen LogP contribution in [-0.2, 0) is 4.57 Å². The van der Waals surface area contributed by atoms with Gasteiger partial charge in [0, 0.05) is 11.5 Å². The average Bonchev–Trinajstić information content (AvgIpc) is 2.06. The van der Waals surface area contributed by atoms with E-state index in [9.17, 15) is 4.57 Å². The van der Waals surface area contributed by atoms with Crippen LogP contribution in [0.4, 0.5) is 0 Å². The summed E-state index contributed by atoms with van der Waals surface area (Å²) in [5.41, 5.74) is 0. The van der Waals surface area contributed by atoms with Gasteiger partial charge in [-0.2, -0.15) is 0 Å². The lowest BCUT2D eigenvalue weighted by Gasteiger charge is -2.09. The molecular weight excluding hydrogens is 155 g/mol. The van der Waals surface area contributed by atoms with E-state index in [1.165, 1.54) is 0 Å². The Hall–Kier alpha value is -0.550. The molecule has 1 unspecified atom stereocenters. The van der Waals surface area contributed by atoms with Crippen LogP contribution in [0.5, 0.6) is 0 Å². The van der Waals surface area contributed by atoms with E-state index in [1.807, 2.05) is 43.9 Å². The predicted octanol–water partition coefficient (Wildman–Crippen LogP) is 2.32. The Morgan fingerprint density at radius 2 is 1.82 bits per heavy atom. The summed E-state index contributed by atoms with van der Waals surface area (Å²) in [6.45, 7) is 3.80. The molecule has 0 radical (unpaired) electrons. The maximum Gasteiger partial charge on any atom is 0.112 e. The van der Waals surface area contributed by atoms with Crippen LogP contribution in [-0.4, -0.2) is 12.8 Å². The van der Waals surface area contributed by atoms with Gasteiger partial charge in [-0.05, 0) is 6.66 Å². The Morgan fingerprint density at radius 3 is 2.27 bits per heavy atom. The number of hydrogen-bond acceptors (Lipinski definition) is 1. The average molecular weight is 168 g/mol. The van der Waals surface area contributed by atoms with Gasteiger partial charge in [0.05, 0.1) is 0 Å². The fourth-order valence-corrected chi connectivity index (χ4v) is 2.09. The summed E-state index contributed by atoms with van der Waals surface area (Å²) in [6.07, 6.45) is 0.747. The smallest absolute Gasteiger partial charge is 0.112 e. The van der Waals surface area contributed by atoms with Crippen molar-refractivity contribution in [2.45, 2.75) is 6.92 Å². The zero-order valence-electron chi connectivity index (χ0n) is 6.95. The minimum Gasteiger partial charge on any atom is -0.319 e. The van der Waals surface area contributed by atoms with Crippen molar-refractivity contribution in [3.8, 4) is 0 Å². The highest BCUT2D eigenvalue weighted by molar-refractivity contribution is 7.70.